The first-order chi connectivity index (χ1) is 11.1. The van der Waals surface area contributed by atoms with Crippen molar-refractivity contribution >= 4 is 38.6 Å². The number of aromatic hydroxyl groups is 2. The van der Waals surface area contributed by atoms with Gasteiger partial charge in [-0.1, -0.05) is 28.1 Å². The highest BCUT2D eigenvalue weighted by Gasteiger charge is 2.04. The van der Waals surface area contributed by atoms with Crippen molar-refractivity contribution in [3.8, 4) is 22.8 Å². The summed E-state index contributed by atoms with van der Waals surface area (Å²) in [7, 11) is 0. The normalized spacial score (nSPS) is 11.0. The Morgan fingerprint density at radius 2 is 1.91 bits per heavy atom. The first-order valence-electron chi connectivity index (χ1n) is 6.64. The van der Waals surface area contributed by atoms with E-state index >= 15 is 0 Å². The van der Waals surface area contributed by atoms with Gasteiger partial charge < -0.3 is 10.2 Å². The van der Waals surface area contributed by atoms with Crippen molar-refractivity contribution in [2.75, 3.05) is 5.43 Å². The van der Waals surface area contributed by atoms with Gasteiger partial charge in [-0.05, 0) is 24.3 Å². The topological polar surface area (TPSA) is 77.7 Å². The summed E-state index contributed by atoms with van der Waals surface area (Å²) in [5.74, 6) is -0.0306. The van der Waals surface area contributed by atoms with E-state index in [1.165, 1.54) is 29.7 Å². The molecule has 1 heterocycles. The molecule has 0 aliphatic rings. The van der Waals surface area contributed by atoms with E-state index in [4.69, 9.17) is 0 Å². The smallest absolute Gasteiger partial charge is 0.203 e. The highest BCUT2D eigenvalue weighted by molar-refractivity contribution is 9.10. The van der Waals surface area contributed by atoms with E-state index in [1.807, 2.05) is 29.6 Å². The third kappa shape index (κ3) is 3.88. The molecule has 0 aliphatic heterocycles. The van der Waals surface area contributed by atoms with Crippen LogP contribution in [-0.4, -0.2) is 21.4 Å². The van der Waals surface area contributed by atoms with Crippen LogP contribution in [0.5, 0.6) is 11.5 Å². The van der Waals surface area contributed by atoms with E-state index < -0.39 is 0 Å². The zero-order valence-electron chi connectivity index (χ0n) is 11.8. The molecule has 3 N–H and O–H groups in total. The molecule has 0 radical (unpaired) electrons. The fourth-order valence-corrected chi connectivity index (χ4v) is 2.81. The molecule has 2 aromatic carbocycles. The minimum absolute atomic E-state index is 0.00618. The summed E-state index contributed by atoms with van der Waals surface area (Å²) >= 11 is 4.84. The first-order valence-corrected chi connectivity index (χ1v) is 8.31. The van der Waals surface area contributed by atoms with Crippen LogP contribution in [0.4, 0.5) is 5.13 Å². The fourth-order valence-electron chi connectivity index (χ4n) is 1.88. The van der Waals surface area contributed by atoms with Crippen LogP contribution < -0.4 is 5.43 Å². The van der Waals surface area contributed by atoms with Crippen molar-refractivity contribution in [3.63, 3.8) is 0 Å². The van der Waals surface area contributed by atoms with E-state index in [-0.39, 0.29) is 11.5 Å². The zero-order valence-corrected chi connectivity index (χ0v) is 14.2. The molecular formula is C16H12BrN3O2S. The number of nitrogens with zero attached hydrogens (tertiary/aromatic N) is 2. The summed E-state index contributed by atoms with van der Waals surface area (Å²) in [5.41, 5.74) is 5.22. The summed E-state index contributed by atoms with van der Waals surface area (Å²) < 4.78 is 1.02. The van der Waals surface area contributed by atoms with Gasteiger partial charge in [-0.25, -0.2) is 4.98 Å². The van der Waals surface area contributed by atoms with E-state index in [9.17, 15) is 10.2 Å². The minimum Gasteiger partial charge on any atom is -0.508 e. The first kappa shape index (κ1) is 15.5. The molecule has 0 saturated carbocycles. The van der Waals surface area contributed by atoms with Gasteiger partial charge >= 0.3 is 0 Å². The van der Waals surface area contributed by atoms with Crippen LogP contribution in [0.3, 0.4) is 0 Å². The molecule has 0 saturated heterocycles. The number of hydrazone groups is 1. The Morgan fingerprint density at radius 3 is 2.65 bits per heavy atom. The maximum atomic E-state index is 9.67. The lowest BCUT2D eigenvalue weighted by molar-refractivity contribution is 0.450. The molecular weight excluding hydrogens is 378 g/mol. The summed E-state index contributed by atoms with van der Waals surface area (Å²) in [5, 5.41) is 25.5. The molecule has 0 atom stereocenters. The van der Waals surface area contributed by atoms with Gasteiger partial charge in [0.05, 0.1) is 11.9 Å². The van der Waals surface area contributed by atoms with E-state index in [1.54, 1.807) is 6.07 Å². The second-order valence-corrected chi connectivity index (χ2v) is 6.43. The third-order valence-corrected chi connectivity index (χ3v) is 4.30. The SMILES string of the molecule is Oc1ccc(/C=N/Nc2nc(-c3ccc(Br)cc3)cs2)c(O)c1. The minimum atomic E-state index is -0.0368. The van der Waals surface area contributed by atoms with Crippen LogP contribution in [0.25, 0.3) is 11.3 Å². The molecule has 3 rings (SSSR count). The van der Waals surface area contributed by atoms with E-state index in [0.29, 0.717) is 10.7 Å². The Balaban J connectivity index is 1.69. The number of thiazole rings is 1. The third-order valence-electron chi connectivity index (χ3n) is 3.02. The fraction of sp³-hybridized carbons (Fsp3) is 0. The largest absolute Gasteiger partial charge is 0.508 e. The molecule has 1 aromatic heterocycles. The molecule has 0 aliphatic carbocycles. The number of aromatic nitrogens is 1. The maximum Gasteiger partial charge on any atom is 0.203 e. The van der Waals surface area contributed by atoms with Gasteiger partial charge in [-0.15, -0.1) is 11.3 Å². The number of nitrogens with one attached hydrogen (secondary N) is 1. The Morgan fingerprint density at radius 1 is 1.13 bits per heavy atom. The number of rotatable bonds is 4. The number of hydrogen-bond acceptors (Lipinski definition) is 6. The van der Waals surface area contributed by atoms with Gasteiger partial charge in [0.25, 0.3) is 0 Å². The lowest BCUT2D eigenvalue weighted by atomic mass is 10.2. The van der Waals surface area contributed by atoms with Gasteiger partial charge in [0.15, 0.2) is 0 Å². The molecule has 116 valence electrons. The lowest BCUT2D eigenvalue weighted by Crippen LogP contribution is -1.90. The van der Waals surface area contributed by atoms with Gasteiger partial charge in [-0.3, -0.25) is 5.43 Å². The van der Waals surface area contributed by atoms with Crippen molar-refractivity contribution in [2.45, 2.75) is 0 Å². The molecule has 23 heavy (non-hydrogen) atoms. The van der Waals surface area contributed by atoms with Gasteiger partial charge in [0.1, 0.15) is 11.5 Å². The summed E-state index contributed by atoms with van der Waals surface area (Å²) in [6, 6.07) is 12.2. The molecule has 0 fully saturated rings. The lowest BCUT2D eigenvalue weighted by Gasteiger charge is -1.99. The Bertz CT molecular complexity index is 847. The van der Waals surface area contributed by atoms with Crippen molar-refractivity contribution in [2.24, 2.45) is 5.10 Å². The van der Waals surface area contributed by atoms with Gasteiger partial charge in [0, 0.05) is 27.0 Å². The average Bonchev–Trinajstić information content (AvgIpc) is 2.99. The van der Waals surface area contributed by atoms with E-state index in [0.717, 1.165) is 15.7 Å². The monoisotopic (exact) mass is 389 g/mol. The van der Waals surface area contributed by atoms with Crippen molar-refractivity contribution < 1.29 is 10.2 Å². The van der Waals surface area contributed by atoms with Gasteiger partial charge in [-0.2, -0.15) is 5.10 Å². The molecule has 3 aromatic rings. The number of benzene rings is 2. The zero-order chi connectivity index (χ0) is 16.2. The van der Waals surface area contributed by atoms with Crippen LogP contribution in [0.15, 0.2) is 57.4 Å². The Kier molecular flexibility index (Phi) is 4.59. The van der Waals surface area contributed by atoms with Crippen LogP contribution in [-0.2, 0) is 0 Å². The quantitative estimate of drug-likeness (QED) is 0.455. The molecule has 0 bridgehead atoms. The summed E-state index contributed by atoms with van der Waals surface area (Å²) in [6.45, 7) is 0. The standard InChI is InChI=1S/C16H12BrN3O2S/c17-12-4-1-10(2-5-12)14-9-23-16(19-14)20-18-8-11-3-6-13(21)7-15(11)22/h1-9,21-22H,(H,19,20)/b18-8+. The highest BCUT2D eigenvalue weighted by atomic mass is 79.9. The number of phenols is 2. The highest BCUT2D eigenvalue weighted by Crippen LogP contribution is 2.26. The Hall–Kier alpha value is -2.38. The number of halogens is 1. The van der Waals surface area contributed by atoms with Crippen molar-refractivity contribution in [3.05, 3.63) is 57.9 Å². The second kappa shape index (κ2) is 6.80. The number of hydrogen-bond donors (Lipinski definition) is 3. The van der Waals surface area contributed by atoms with Crippen molar-refractivity contribution in [1.29, 1.82) is 0 Å². The van der Waals surface area contributed by atoms with Crippen LogP contribution in [0.1, 0.15) is 5.56 Å². The molecule has 5 nitrogen and oxygen atoms in total. The summed E-state index contributed by atoms with van der Waals surface area (Å²) in [6.07, 6.45) is 1.47. The van der Waals surface area contributed by atoms with Crippen molar-refractivity contribution in [1.82, 2.24) is 4.98 Å². The van der Waals surface area contributed by atoms with E-state index in [2.05, 4.69) is 31.4 Å². The molecule has 0 spiro atoms. The van der Waals surface area contributed by atoms with Crippen LogP contribution in [0, 0.1) is 0 Å². The van der Waals surface area contributed by atoms with Crippen LogP contribution >= 0.6 is 27.3 Å². The molecule has 0 amide bonds. The Labute approximate surface area is 145 Å². The second-order valence-electron chi connectivity index (χ2n) is 4.66. The molecule has 7 heteroatoms. The number of anilines is 1. The predicted octanol–water partition coefficient (Wildman–Crippen LogP) is 4.43. The van der Waals surface area contributed by atoms with Crippen LogP contribution in [0.2, 0.25) is 0 Å². The van der Waals surface area contributed by atoms with Gasteiger partial charge in [0.2, 0.25) is 5.13 Å². The molecule has 0 unspecified atom stereocenters. The predicted molar refractivity (Wildman–Crippen MR) is 96.2 cm³/mol. The maximum absolute atomic E-state index is 9.67. The average molecular weight is 390 g/mol. The summed E-state index contributed by atoms with van der Waals surface area (Å²) in [4.78, 5) is 4.45. The number of phenolic OH excluding ortho intramolecular Hbond substituents is 2.